The topological polar surface area (TPSA) is 27.6 Å². The van der Waals surface area contributed by atoms with Crippen LogP contribution in [0.3, 0.4) is 0 Å². The van der Waals surface area contributed by atoms with Crippen molar-refractivity contribution >= 4 is 16.9 Å². The van der Waals surface area contributed by atoms with Crippen molar-refractivity contribution in [2.24, 2.45) is 16.8 Å². The largest absolute Gasteiger partial charge is 0.362 e. The van der Waals surface area contributed by atoms with Gasteiger partial charge in [0.2, 0.25) is 0 Å². The Labute approximate surface area is 131 Å². The Morgan fingerprint density at radius 1 is 1.24 bits per heavy atom. The van der Waals surface area contributed by atoms with Crippen molar-refractivity contribution < 1.29 is 0 Å². The van der Waals surface area contributed by atoms with Crippen LogP contribution in [0.1, 0.15) is 18.9 Å². The second kappa shape index (κ2) is 5.65. The van der Waals surface area contributed by atoms with E-state index in [0.717, 1.165) is 24.9 Å². The van der Waals surface area contributed by atoms with Crippen LogP contribution in [0.5, 0.6) is 0 Å². The molecule has 3 nitrogen and oxygen atoms in total. The average Bonchev–Trinajstić information content (AvgIpc) is 2.91. The summed E-state index contributed by atoms with van der Waals surface area (Å²) in [7, 11) is 0. The minimum Gasteiger partial charge on any atom is -0.362 e. The van der Waals surface area contributed by atoms with Crippen molar-refractivity contribution in [3.05, 3.63) is 35.9 Å². The molecule has 1 aliphatic carbocycles. The Balaban J connectivity index is 1.32. The molecule has 1 aromatic rings. The van der Waals surface area contributed by atoms with Crippen molar-refractivity contribution in [1.29, 1.82) is 0 Å². The summed E-state index contributed by atoms with van der Waals surface area (Å²) >= 11 is 1.91. The van der Waals surface area contributed by atoms with E-state index in [1.54, 1.807) is 0 Å². The number of fused-ring (bicyclic) bond motifs is 2. The lowest BCUT2D eigenvalue weighted by atomic mass is 9.66. The number of aliphatic imine (C=N–C) groups is 1. The predicted molar refractivity (Wildman–Crippen MR) is 89.6 cm³/mol. The highest BCUT2D eigenvalue weighted by molar-refractivity contribution is 8.14. The number of amidine groups is 1. The molecular formula is C17H23N3S. The predicted octanol–water partition coefficient (Wildman–Crippen LogP) is 2.59. The van der Waals surface area contributed by atoms with Crippen molar-refractivity contribution in [2.45, 2.75) is 31.2 Å². The Kier molecular flexibility index (Phi) is 3.67. The first kappa shape index (κ1) is 13.6. The maximum Gasteiger partial charge on any atom is 0.157 e. The van der Waals surface area contributed by atoms with Crippen LogP contribution in [-0.4, -0.2) is 41.0 Å². The molecule has 5 rings (SSSR count). The van der Waals surface area contributed by atoms with E-state index < -0.39 is 0 Å². The fourth-order valence-corrected chi connectivity index (χ4v) is 4.77. The van der Waals surface area contributed by atoms with Gasteiger partial charge in [0.25, 0.3) is 0 Å². The summed E-state index contributed by atoms with van der Waals surface area (Å²) in [4.78, 5) is 7.23. The lowest BCUT2D eigenvalue weighted by molar-refractivity contribution is -0.00993. The highest BCUT2D eigenvalue weighted by Gasteiger charge is 2.47. The highest BCUT2D eigenvalue weighted by atomic mass is 32.2. The molecule has 0 aromatic heterocycles. The number of hydrogen-bond acceptors (Lipinski definition) is 4. The third kappa shape index (κ3) is 2.84. The van der Waals surface area contributed by atoms with Crippen molar-refractivity contribution in [3.8, 4) is 0 Å². The summed E-state index contributed by atoms with van der Waals surface area (Å²) in [5.74, 6) is 1.62. The van der Waals surface area contributed by atoms with Crippen LogP contribution in [0.15, 0.2) is 35.3 Å². The van der Waals surface area contributed by atoms with Crippen molar-refractivity contribution in [3.63, 3.8) is 0 Å². The van der Waals surface area contributed by atoms with Gasteiger partial charge in [-0.3, -0.25) is 9.89 Å². The number of piperidine rings is 2. The number of thioether (sulfide) groups is 1. The number of hydrogen-bond donors (Lipinski definition) is 1. The van der Waals surface area contributed by atoms with E-state index in [2.05, 4.69) is 52.5 Å². The molecule has 0 radical (unpaired) electrons. The van der Waals surface area contributed by atoms with Crippen LogP contribution < -0.4 is 5.32 Å². The second-order valence-corrected chi connectivity index (χ2v) is 8.11. The van der Waals surface area contributed by atoms with Gasteiger partial charge in [-0.2, -0.15) is 0 Å². The Bertz CT molecular complexity index is 518. The minimum absolute atomic E-state index is 0.655. The van der Waals surface area contributed by atoms with Gasteiger partial charge in [-0.15, -0.1) is 0 Å². The van der Waals surface area contributed by atoms with E-state index in [1.807, 2.05) is 11.8 Å². The summed E-state index contributed by atoms with van der Waals surface area (Å²) in [5, 5.41) is 5.57. The van der Waals surface area contributed by atoms with Crippen LogP contribution >= 0.6 is 11.8 Å². The molecule has 4 aliphatic rings. The Morgan fingerprint density at radius 3 is 2.67 bits per heavy atom. The molecule has 3 fully saturated rings. The van der Waals surface area contributed by atoms with Crippen LogP contribution in [0.4, 0.5) is 0 Å². The van der Waals surface area contributed by atoms with Gasteiger partial charge in [0.05, 0.1) is 6.54 Å². The number of rotatable bonds is 3. The van der Waals surface area contributed by atoms with Gasteiger partial charge in [-0.25, -0.2) is 0 Å². The van der Waals surface area contributed by atoms with Crippen molar-refractivity contribution in [1.82, 2.24) is 10.2 Å². The molecule has 3 aliphatic heterocycles. The highest BCUT2D eigenvalue weighted by Crippen LogP contribution is 2.41. The van der Waals surface area contributed by atoms with Crippen LogP contribution in [0.25, 0.3) is 0 Å². The van der Waals surface area contributed by atoms with Gasteiger partial charge in [-0.1, -0.05) is 49.0 Å². The molecular weight excluding hydrogens is 278 g/mol. The molecule has 1 aromatic carbocycles. The van der Waals surface area contributed by atoms with Gasteiger partial charge < -0.3 is 5.32 Å². The molecule has 3 atom stereocenters. The van der Waals surface area contributed by atoms with Gasteiger partial charge in [0, 0.05) is 30.9 Å². The maximum absolute atomic E-state index is 4.61. The SMILES string of the molecule is CC1CN=C(NC2C3CC2CN(Cc2ccccc2)C3)S1. The first-order chi connectivity index (χ1) is 10.3. The molecule has 1 N–H and O–H groups in total. The van der Waals surface area contributed by atoms with Crippen LogP contribution in [-0.2, 0) is 6.54 Å². The van der Waals surface area contributed by atoms with E-state index in [0.29, 0.717) is 11.3 Å². The molecule has 3 heterocycles. The molecule has 0 spiro atoms. The molecule has 112 valence electrons. The normalized spacial score (nSPS) is 35.2. The Hall–Kier alpha value is -1.00. The lowest BCUT2D eigenvalue weighted by Crippen LogP contribution is -2.63. The summed E-state index contributed by atoms with van der Waals surface area (Å²) in [6.07, 6.45) is 1.40. The number of nitrogens with zero attached hydrogens (tertiary/aromatic N) is 2. The molecule has 3 unspecified atom stereocenters. The van der Waals surface area contributed by atoms with Gasteiger partial charge in [-0.05, 0) is 23.8 Å². The van der Waals surface area contributed by atoms with E-state index >= 15 is 0 Å². The third-order valence-electron chi connectivity index (χ3n) is 4.95. The summed E-state index contributed by atoms with van der Waals surface area (Å²) < 4.78 is 0. The number of nitrogens with one attached hydrogen (secondary N) is 1. The smallest absolute Gasteiger partial charge is 0.157 e. The maximum atomic E-state index is 4.61. The first-order valence-corrected chi connectivity index (χ1v) is 8.90. The molecule has 2 saturated heterocycles. The fourth-order valence-electron chi connectivity index (χ4n) is 3.89. The standard InChI is InChI=1S/C17H23N3S/c1-12-8-18-17(21-12)19-16-14-7-15(16)11-20(10-14)9-13-5-3-2-4-6-13/h2-6,12,14-16H,7-11H2,1H3,(H,18,19). The van der Waals surface area contributed by atoms with Gasteiger partial charge in [0.1, 0.15) is 0 Å². The molecule has 4 heteroatoms. The van der Waals surface area contributed by atoms with E-state index in [9.17, 15) is 0 Å². The average molecular weight is 301 g/mol. The molecule has 21 heavy (non-hydrogen) atoms. The number of benzene rings is 1. The first-order valence-electron chi connectivity index (χ1n) is 8.02. The molecule has 2 bridgehead atoms. The Morgan fingerprint density at radius 2 is 2.00 bits per heavy atom. The fraction of sp³-hybridized carbons (Fsp3) is 0.588. The van der Waals surface area contributed by atoms with E-state index in [1.165, 1.54) is 30.2 Å². The zero-order valence-corrected chi connectivity index (χ0v) is 13.4. The second-order valence-electron chi connectivity index (χ2n) is 6.68. The monoisotopic (exact) mass is 301 g/mol. The zero-order chi connectivity index (χ0) is 14.2. The van der Waals surface area contributed by atoms with Crippen molar-refractivity contribution in [2.75, 3.05) is 19.6 Å². The molecule has 1 saturated carbocycles. The minimum atomic E-state index is 0.655. The molecule has 0 amide bonds. The van der Waals surface area contributed by atoms with Crippen LogP contribution in [0, 0.1) is 11.8 Å². The van der Waals surface area contributed by atoms with Gasteiger partial charge >= 0.3 is 0 Å². The third-order valence-corrected chi connectivity index (χ3v) is 5.97. The van der Waals surface area contributed by atoms with Crippen LogP contribution in [0.2, 0.25) is 0 Å². The summed E-state index contributed by atoms with van der Waals surface area (Å²) in [6, 6.07) is 11.5. The van der Waals surface area contributed by atoms with Gasteiger partial charge in [0.15, 0.2) is 5.17 Å². The lowest BCUT2D eigenvalue weighted by Gasteiger charge is -2.54. The van der Waals surface area contributed by atoms with E-state index in [4.69, 9.17) is 0 Å². The zero-order valence-electron chi connectivity index (χ0n) is 12.5. The summed E-state index contributed by atoms with van der Waals surface area (Å²) in [5.41, 5.74) is 1.44. The quantitative estimate of drug-likeness (QED) is 0.930. The van der Waals surface area contributed by atoms with E-state index in [-0.39, 0.29) is 0 Å². The summed E-state index contributed by atoms with van der Waals surface area (Å²) in [6.45, 7) is 6.81.